The highest BCUT2D eigenvalue weighted by molar-refractivity contribution is 6.01. The topological polar surface area (TPSA) is 84.2 Å². The highest BCUT2D eigenvalue weighted by Gasteiger charge is 2.32. The summed E-state index contributed by atoms with van der Waals surface area (Å²) in [7, 11) is 2.67. The minimum atomic E-state index is -4.54. The third kappa shape index (κ3) is 7.97. The predicted molar refractivity (Wildman–Crippen MR) is 143 cm³/mol. The van der Waals surface area contributed by atoms with Crippen LogP contribution in [0.25, 0.3) is 11.0 Å². The van der Waals surface area contributed by atoms with Crippen LogP contribution in [-0.2, 0) is 32.1 Å². The van der Waals surface area contributed by atoms with Crippen LogP contribution in [0.1, 0.15) is 43.4 Å². The van der Waals surface area contributed by atoms with Gasteiger partial charge in [-0.2, -0.15) is 13.2 Å². The van der Waals surface area contributed by atoms with Crippen molar-refractivity contribution in [2.75, 3.05) is 27.4 Å². The van der Waals surface area contributed by atoms with Gasteiger partial charge < -0.3 is 23.6 Å². The van der Waals surface area contributed by atoms with Crippen molar-refractivity contribution in [2.45, 2.75) is 57.3 Å². The Hall–Kier alpha value is -3.60. The summed E-state index contributed by atoms with van der Waals surface area (Å²) in [5, 5.41) is 5.35. The lowest BCUT2D eigenvalue weighted by atomic mass is 9.84. The Morgan fingerprint density at radius 1 is 1.07 bits per heavy atom. The fraction of sp³-hybridized carbons (Fsp3) is 0.483. The van der Waals surface area contributed by atoms with Crippen molar-refractivity contribution < 1.29 is 37.0 Å². The summed E-state index contributed by atoms with van der Waals surface area (Å²) < 4.78 is 54.9. The molecule has 1 aliphatic rings. The molecule has 0 amide bonds. The first-order valence-electron chi connectivity index (χ1n) is 13.3. The molecule has 1 aromatic carbocycles. The zero-order chi connectivity index (χ0) is 28.5. The lowest BCUT2D eigenvalue weighted by Gasteiger charge is -2.22. The highest BCUT2D eigenvalue weighted by atomic mass is 19.4. The first-order valence-corrected chi connectivity index (χ1v) is 13.3. The molecule has 4 rings (SSSR count). The molecule has 8 nitrogen and oxygen atoms in total. The molecule has 0 N–H and O–H groups in total. The van der Waals surface area contributed by atoms with Gasteiger partial charge in [0.05, 0.1) is 19.3 Å². The Kier molecular flexibility index (Phi) is 10.0. The zero-order valence-corrected chi connectivity index (χ0v) is 22.7. The monoisotopic (exact) mass is 561 g/mol. The maximum atomic E-state index is 12.5. The number of carbonyl (C=O) groups excluding carboxylic acids is 1. The summed E-state index contributed by atoms with van der Waals surface area (Å²) in [5.74, 6) is 0.0682. The van der Waals surface area contributed by atoms with Crippen molar-refractivity contribution in [3.63, 3.8) is 0 Å². The second-order valence-electron chi connectivity index (χ2n) is 9.75. The normalized spacial score (nSPS) is 15.7. The number of ether oxygens (including phenoxy) is 3. The molecule has 1 saturated carbocycles. The molecule has 216 valence electrons. The van der Waals surface area contributed by atoms with E-state index in [1.807, 2.05) is 29.0 Å². The van der Waals surface area contributed by atoms with Gasteiger partial charge in [-0.3, -0.25) is 0 Å². The van der Waals surface area contributed by atoms with Crippen molar-refractivity contribution in [1.82, 2.24) is 9.55 Å². The maximum absolute atomic E-state index is 12.5. The smallest absolute Gasteiger partial charge is 0.411 e. The summed E-state index contributed by atoms with van der Waals surface area (Å²) in [6.45, 7) is -0.604. The Labute approximate surface area is 231 Å². The molecule has 0 aliphatic heterocycles. The summed E-state index contributed by atoms with van der Waals surface area (Å²) in [4.78, 5) is 21.9. The first-order chi connectivity index (χ1) is 19.3. The predicted octanol–water partition coefficient (Wildman–Crippen LogP) is 5.71. The molecule has 1 unspecified atom stereocenters. The summed E-state index contributed by atoms with van der Waals surface area (Å²) >= 11 is 0. The van der Waals surface area contributed by atoms with E-state index in [4.69, 9.17) is 19.3 Å². The number of nitrogens with zero attached hydrogens (tertiary/aromatic N) is 3. The van der Waals surface area contributed by atoms with Gasteiger partial charge in [-0.05, 0) is 48.7 Å². The Balaban J connectivity index is 1.37. The number of alkyl halides is 3. The van der Waals surface area contributed by atoms with Crippen molar-refractivity contribution >= 4 is 22.7 Å². The van der Waals surface area contributed by atoms with Crippen LogP contribution in [0.3, 0.4) is 0 Å². The van der Waals surface area contributed by atoms with E-state index in [2.05, 4.69) is 9.89 Å². The second kappa shape index (κ2) is 13.6. The molecule has 1 atom stereocenters. The van der Waals surface area contributed by atoms with E-state index in [-0.39, 0.29) is 6.42 Å². The number of rotatable bonds is 12. The lowest BCUT2D eigenvalue weighted by Crippen LogP contribution is -2.32. The Morgan fingerprint density at radius 2 is 1.82 bits per heavy atom. The number of halogens is 3. The number of aromatic nitrogens is 2. The van der Waals surface area contributed by atoms with E-state index < -0.39 is 24.9 Å². The summed E-state index contributed by atoms with van der Waals surface area (Å²) in [6.07, 6.45) is 1.80. The van der Waals surface area contributed by atoms with Gasteiger partial charge >= 0.3 is 12.1 Å². The van der Waals surface area contributed by atoms with Crippen LogP contribution >= 0.6 is 0 Å². The third-order valence-electron chi connectivity index (χ3n) is 6.91. The molecule has 0 radical (unpaired) electrons. The van der Waals surface area contributed by atoms with E-state index in [1.165, 1.54) is 19.3 Å². The van der Waals surface area contributed by atoms with Crippen LogP contribution in [0.4, 0.5) is 13.2 Å². The van der Waals surface area contributed by atoms with Gasteiger partial charge in [-0.1, -0.05) is 36.6 Å². The number of pyridine rings is 1. The van der Waals surface area contributed by atoms with Gasteiger partial charge in [-0.25, -0.2) is 9.78 Å². The summed E-state index contributed by atoms with van der Waals surface area (Å²) in [6, 6.07) is 12.8. The molecule has 1 fully saturated rings. The zero-order valence-electron chi connectivity index (χ0n) is 22.7. The minimum Gasteiger partial charge on any atom is -0.492 e. The molecule has 2 heterocycles. The number of methoxy groups -OCH3 is 1. The van der Waals surface area contributed by atoms with Crippen molar-refractivity contribution in [2.24, 2.45) is 11.1 Å². The number of oxime groups is 1. The number of hydrogen-bond donors (Lipinski definition) is 0. The Morgan fingerprint density at radius 3 is 2.50 bits per heavy atom. The standard InChI is InChI=1S/C29H34F3N3O5/c1-37-28(36)25(40-19-29(30,31)32)18-20-8-11-23(12-9-20)39-17-16-35-15-14-22-10-13-24(33-27(22)35)26(34-38-2)21-6-4-3-5-7-21/h8-15,21,25H,3-7,16-19H2,1-2H3/b34-26-. The molecule has 2 aromatic heterocycles. The lowest BCUT2D eigenvalue weighted by molar-refractivity contribution is -0.193. The van der Waals surface area contributed by atoms with Crippen LogP contribution in [0.5, 0.6) is 5.75 Å². The van der Waals surface area contributed by atoms with Gasteiger partial charge in [0.2, 0.25) is 0 Å². The quantitative estimate of drug-likeness (QED) is 0.160. The van der Waals surface area contributed by atoms with E-state index in [9.17, 15) is 18.0 Å². The van der Waals surface area contributed by atoms with Gasteiger partial charge in [0.1, 0.15) is 37.4 Å². The molecule has 0 spiro atoms. The highest BCUT2D eigenvalue weighted by Crippen LogP contribution is 2.28. The van der Waals surface area contributed by atoms with Crippen molar-refractivity contribution in [3.8, 4) is 5.75 Å². The molecule has 11 heteroatoms. The van der Waals surface area contributed by atoms with Crippen LogP contribution in [0.15, 0.2) is 53.8 Å². The molecule has 40 heavy (non-hydrogen) atoms. The van der Waals surface area contributed by atoms with Gasteiger partial charge in [0.25, 0.3) is 0 Å². The fourth-order valence-electron chi connectivity index (χ4n) is 4.92. The molecular weight excluding hydrogens is 527 g/mol. The van der Waals surface area contributed by atoms with Gasteiger partial charge in [0.15, 0.2) is 6.10 Å². The first kappa shape index (κ1) is 29.4. The van der Waals surface area contributed by atoms with Crippen LogP contribution in [0.2, 0.25) is 0 Å². The second-order valence-corrected chi connectivity index (χ2v) is 9.75. The summed E-state index contributed by atoms with van der Waals surface area (Å²) in [5.41, 5.74) is 3.17. The number of carbonyl (C=O) groups is 1. The fourth-order valence-corrected chi connectivity index (χ4v) is 4.92. The molecule has 0 bridgehead atoms. The molecule has 1 aliphatic carbocycles. The molecule has 0 saturated heterocycles. The maximum Gasteiger partial charge on any atom is 0.411 e. The minimum absolute atomic E-state index is 0.0540. The molecular formula is C29H34F3N3O5. The number of fused-ring (bicyclic) bond motifs is 1. The number of esters is 1. The SMILES string of the molecule is CO/N=C(\c1ccc2ccn(CCOc3ccc(CC(OCC(F)(F)F)C(=O)OC)cc3)c2n1)C1CCCCC1. The van der Waals surface area contributed by atoms with Crippen LogP contribution < -0.4 is 4.74 Å². The van der Waals surface area contributed by atoms with Crippen molar-refractivity contribution in [3.05, 3.63) is 59.9 Å². The van der Waals surface area contributed by atoms with E-state index >= 15 is 0 Å². The van der Waals surface area contributed by atoms with Gasteiger partial charge in [0, 0.05) is 23.9 Å². The largest absolute Gasteiger partial charge is 0.492 e. The third-order valence-corrected chi connectivity index (χ3v) is 6.91. The van der Waals surface area contributed by atoms with Crippen molar-refractivity contribution in [1.29, 1.82) is 0 Å². The van der Waals surface area contributed by atoms with E-state index in [1.54, 1.807) is 31.4 Å². The average molecular weight is 562 g/mol. The Bertz CT molecular complexity index is 1280. The van der Waals surface area contributed by atoms with Crippen LogP contribution in [0, 0.1) is 5.92 Å². The van der Waals surface area contributed by atoms with E-state index in [0.29, 0.717) is 30.4 Å². The van der Waals surface area contributed by atoms with Gasteiger partial charge in [-0.15, -0.1) is 0 Å². The average Bonchev–Trinajstić information content (AvgIpc) is 3.36. The van der Waals surface area contributed by atoms with E-state index in [0.717, 1.165) is 42.4 Å². The van der Waals surface area contributed by atoms with Crippen LogP contribution in [-0.4, -0.2) is 60.9 Å². The molecule has 3 aromatic rings. The number of benzene rings is 1. The number of hydrogen-bond acceptors (Lipinski definition) is 7.